The molecule has 0 N–H and O–H groups in total. The van der Waals surface area contributed by atoms with Crippen molar-refractivity contribution in [1.82, 2.24) is 0 Å². The first-order valence-corrected chi connectivity index (χ1v) is 6.30. The van der Waals surface area contributed by atoms with Crippen LogP contribution in [0.3, 0.4) is 0 Å². The maximum absolute atomic E-state index is 13.7. The second-order valence-electron chi connectivity index (χ2n) is 4.38. The third-order valence-corrected chi connectivity index (χ3v) is 2.81. The lowest BCUT2D eigenvalue weighted by molar-refractivity contribution is 0.407. The Morgan fingerprint density at radius 1 is 1.10 bits per heavy atom. The van der Waals surface area contributed by atoms with E-state index in [4.69, 9.17) is 10.00 Å². The van der Waals surface area contributed by atoms with E-state index in [0.29, 0.717) is 5.75 Å². The summed E-state index contributed by atoms with van der Waals surface area (Å²) in [6.45, 7) is 2.08. The van der Waals surface area contributed by atoms with Gasteiger partial charge in [-0.15, -0.1) is 0 Å². The minimum absolute atomic E-state index is 0.0781. The lowest BCUT2D eigenvalue weighted by atomic mass is 10.1. The Bertz CT molecular complexity index is 622. The smallest absolute Gasteiger partial charge is 0.198 e. The van der Waals surface area contributed by atoms with Gasteiger partial charge in [-0.1, -0.05) is 25.5 Å². The first-order chi connectivity index (χ1) is 9.63. The highest BCUT2D eigenvalue weighted by molar-refractivity contribution is 5.40. The maximum atomic E-state index is 13.7. The van der Waals surface area contributed by atoms with Crippen molar-refractivity contribution in [3.8, 4) is 17.6 Å². The largest absolute Gasteiger partial charge is 0.451 e. The van der Waals surface area contributed by atoms with Crippen LogP contribution in [0.5, 0.6) is 11.5 Å². The van der Waals surface area contributed by atoms with Gasteiger partial charge in [-0.3, -0.25) is 0 Å². The van der Waals surface area contributed by atoms with Gasteiger partial charge in [-0.05, 0) is 36.2 Å². The quantitative estimate of drug-likeness (QED) is 0.816. The van der Waals surface area contributed by atoms with Crippen LogP contribution in [0, 0.1) is 23.0 Å². The Kier molecular flexibility index (Phi) is 4.31. The standard InChI is InChI=1S/C16H13F2NO/c1-2-3-11-4-6-13(7-5-11)20-16-14(17)8-12(10-19)9-15(16)18/h4-9H,2-3H2,1H3. The lowest BCUT2D eigenvalue weighted by Gasteiger charge is -2.09. The van der Waals surface area contributed by atoms with Gasteiger partial charge in [0.25, 0.3) is 0 Å². The molecule has 102 valence electrons. The molecule has 0 atom stereocenters. The second kappa shape index (κ2) is 6.16. The number of aryl methyl sites for hydroxylation is 1. The fourth-order valence-electron chi connectivity index (χ4n) is 1.85. The summed E-state index contributed by atoms with van der Waals surface area (Å²) in [6.07, 6.45) is 1.97. The predicted octanol–water partition coefficient (Wildman–Crippen LogP) is 4.58. The van der Waals surface area contributed by atoms with Crippen molar-refractivity contribution >= 4 is 0 Å². The van der Waals surface area contributed by atoms with Gasteiger partial charge in [0, 0.05) is 0 Å². The molecule has 2 aromatic rings. The van der Waals surface area contributed by atoms with Crippen molar-refractivity contribution in [2.75, 3.05) is 0 Å². The zero-order valence-electron chi connectivity index (χ0n) is 11.0. The SMILES string of the molecule is CCCc1ccc(Oc2c(F)cc(C#N)cc2F)cc1. The molecule has 20 heavy (non-hydrogen) atoms. The van der Waals surface area contributed by atoms with E-state index in [2.05, 4.69) is 6.92 Å². The molecule has 0 aliphatic heterocycles. The number of halogens is 2. The van der Waals surface area contributed by atoms with Crippen molar-refractivity contribution in [2.24, 2.45) is 0 Å². The summed E-state index contributed by atoms with van der Waals surface area (Å²) in [5.41, 5.74) is 1.06. The average molecular weight is 273 g/mol. The van der Waals surface area contributed by atoms with Crippen molar-refractivity contribution in [1.29, 1.82) is 5.26 Å². The van der Waals surface area contributed by atoms with Gasteiger partial charge in [-0.25, -0.2) is 8.78 Å². The minimum Gasteiger partial charge on any atom is -0.451 e. The summed E-state index contributed by atoms with van der Waals surface area (Å²) < 4.78 is 32.5. The number of ether oxygens (including phenoxy) is 1. The summed E-state index contributed by atoms with van der Waals surface area (Å²) in [7, 11) is 0. The van der Waals surface area contributed by atoms with Crippen molar-refractivity contribution in [2.45, 2.75) is 19.8 Å². The van der Waals surface area contributed by atoms with Crippen LogP contribution in [-0.4, -0.2) is 0 Å². The molecule has 2 rings (SSSR count). The van der Waals surface area contributed by atoms with Crippen LogP contribution in [0.1, 0.15) is 24.5 Å². The van der Waals surface area contributed by atoms with Gasteiger partial charge in [-0.2, -0.15) is 5.26 Å². The first-order valence-electron chi connectivity index (χ1n) is 6.30. The van der Waals surface area contributed by atoms with E-state index in [0.717, 1.165) is 30.5 Å². The number of rotatable bonds is 4. The van der Waals surface area contributed by atoms with Gasteiger partial charge in [0.1, 0.15) is 5.75 Å². The van der Waals surface area contributed by atoms with Gasteiger partial charge in [0.05, 0.1) is 11.6 Å². The summed E-state index contributed by atoms with van der Waals surface area (Å²) in [6, 6.07) is 10.6. The molecule has 0 spiro atoms. The Morgan fingerprint density at radius 2 is 1.70 bits per heavy atom. The molecule has 0 aromatic heterocycles. The summed E-state index contributed by atoms with van der Waals surface area (Å²) in [5.74, 6) is -1.92. The predicted molar refractivity (Wildman–Crippen MR) is 71.6 cm³/mol. The Labute approximate surface area is 116 Å². The number of nitriles is 1. The molecule has 0 saturated carbocycles. The van der Waals surface area contributed by atoms with Gasteiger partial charge in [0.2, 0.25) is 0 Å². The summed E-state index contributed by atoms with van der Waals surface area (Å²) >= 11 is 0. The van der Waals surface area contributed by atoms with E-state index < -0.39 is 17.4 Å². The number of nitrogens with zero attached hydrogens (tertiary/aromatic N) is 1. The van der Waals surface area contributed by atoms with Crippen molar-refractivity contribution in [3.05, 3.63) is 59.2 Å². The molecule has 0 amide bonds. The second-order valence-corrected chi connectivity index (χ2v) is 4.38. The molecule has 0 aliphatic rings. The highest BCUT2D eigenvalue weighted by Crippen LogP contribution is 2.28. The van der Waals surface area contributed by atoms with Gasteiger partial charge >= 0.3 is 0 Å². The van der Waals surface area contributed by atoms with E-state index in [-0.39, 0.29) is 5.56 Å². The molecule has 0 aliphatic carbocycles. The Balaban J connectivity index is 2.24. The molecule has 0 bridgehead atoms. The van der Waals surface area contributed by atoms with E-state index in [1.165, 1.54) is 0 Å². The molecule has 4 heteroatoms. The maximum Gasteiger partial charge on any atom is 0.198 e. The third-order valence-electron chi connectivity index (χ3n) is 2.81. The van der Waals surface area contributed by atoms with Crippen LogP contribution in [0.4, 0.5) is 8.78 Å². The van der Waals surface area contributed by atoms with Gasteiger partial charge in [0.15, 0.2) is 17.4 Å². The number of hydrogen-bond donors (Lipinski definition) is 0. The van der Waals surface area contributed by atoms with Crippen LogP contribution >= 0.6 is 0 Å². The minimum atomic E-state index is -0.890. The fraction of sp³-hybridized carbons (Fsp3) is 0.188. The van der Waals surface area contributed by atoms with E-state index in [1.807, 2.05) is 12.1 Å². The van der Waals surface area contributed by atoms with Crippen LogP contribution in [-0.2, 0) is 6.42 Å². The fourth-order valence-corrected chi connectivity index (χ4v) is 1.85. The molecule has 0 radical (unpaired) electrons. The molecule has 0 fully saturated rings. The normalized spacial score (nSPS) is 10.1. The van der Waals surface area contributed by atoms with Crippen LogP contribution in [0.25, 0.3) is 0 Å². The van der Waals surface area contributed by atoms with Crippen molar-refractivity contribution < 1.29 is 13.5 Å². The molecule has 2 nitrogen and oxygen atoms in total. The topological polar surface area (TPSA) is 33.0 Å². The molecular weight excluding hydrogens is 260 g/mol. The van der Waals surface area contributed by atoms with Crippen LogP contribution < -0.4 is 4.74 Å². The number of hydrogen-bond acceptors (Lipinski definition) is 2. The van der Waals surface area contributed by atoms with Crippen LogP contribution in [0.15, 0.2) is 36.4 Å². The summed E-state index contributed by atoms with van der Waals surface area (Å²) in [4.78, 5) is 0. The zero-order valence-corrected chi connectivity index (χ0v) is 11.0. The Morgan fingerprint density at radius 3 is 2.20 bits per heavy atom. The third kappa shape index (κ3) is 3.12. The highest BCUT2D eigenvalue weighted by atomic mass is 19.1. The first kappa shape index (κ1) is 14.0. The van der Waals surface area contributed by atoms with E-state index >= 15 is 0 Å². The number of benzene rings is 2. The van der Waals surface area contributed by atoms with Crippen molar-refractivity contribution in [3.63, 3.8) is 0 Å². The molecular formula is C16H13F2NO. The average Bonchev–Trinajstić information content (AvgIpc) is 2.44. The molecule has 0 unspecified atom stereocenters. The van der Waals surface area contributed by atoms with E-state index in [1.54, 1.807) is 18.2 Å². The molecule has 0 saturated heterocycles. The highest BCUT2D eigenvalue weighted by Gasteiger charge is 2.13. The Hall–Kier alpha value is -2.41. The monoisotopic (exact) mass is 273 g/mol. The molecule has 2 aromatic carbocycles. The molecule has 0 heterocycles. The van der Waals surface area contributed by atoms with Gasteiger partial charge < -0.3 is 4.74 Å². The lowest BCUT2D eigenvalue weighted by Crippen LogP contribution is -1.94. The zero-order chi connectivity index (χ0) is 14.5. The van der Waals surface area contributed by atoms with Crippen LogP contribution in [0.2, 0.25) is 0 Å². The van der Waals surface area contributed by atoms with E-state index in [9.17, 15) is 8.78 Å². The summed E-state index contributed by atoms with van der Waals surface area (Å²) in [5, 5.41) is 8.62.